The molecule has 0 atom stereocenters. The van der Waals surface area contributed by atoms with Crippen LogP contribution in [-0.2, 0) is 6.54 Å². The van der Waals surface area contributed by atoms with Gasteiger partial charge >= 0.3 is 0 Å². The van der Waals surface area contributed by atoms with Gasteiger partial charge in [-0.15, -0.1) is 0 Å². The third-order valence-corrected chi connectivity index (χ3v) is 4.64. The molecule has 0 saturated heterocycles. The average molecular weight is 432 g/mol. The van der Waals surface area contributed by atoms with E-state index in [9.17, 15) is 4.39 Å². The molecule has 3 aromatic heterocycles. The number of anilines is 1. The lowest BCUT2D eigenvalue weighted by Crippen LogP contribution is -2.09. The number of rotatable bonds is 6. The zero-order valence-corrected chi connectivity index (χ0v) is 16.1. The Labute approximate surface area is 174 Å². The summed E-state index contributed by atoms with van der Waals surface area (Å²) >= 11 is 12.3. The fraction of sp³-hybridized carbons (Fsp3) is 0.0556. The number of aromatic nitrogens is 6. The first kappa shape index (κ1) is 19.0. The van der Waals surface area contributed by atoms with Crippen molar-refractivity contribution < 1.29 is 9.13 Å². The monoisotopic (exact) mass is 431 g/mol. The molecular weight excluding hydrogens is 420 g/mol. The van der Waals surface area contributed by atoms with Crippen molar-refractivity contribution in [2.75, 3.05) is 5.32 Å². The van der Waals surface area contributed by atoms with Gasteiger partial charge < -0.3 is 10.1 Å². The molecule has 0 spiro atoms. The van der Waals surface area contributed by atoms with Crippen molar-refractivity contribution in [2.45, 2.75) is 6.54 Å². The molecule has 0 radical (unpaired) electrons. The van der Waals surface area contributed by atoms with Crippen molar-refractivity contribution in [3.63, 3.8) is 0 Å². The summed E-state index contributed by atoms with van der Waals surface area (Å²) in [5.41, 5.74) is 1.26. The number of benzene rings is 1. The second-order valence-corrected chi connectivity index (χ2v) is 6.51. The molecule has 146 valence electrons. The second-order valence-electron chi connectivity index (χ2n) is 5.73. The van der Waals surface area contributed by atoms with Crippen LogP contribution in [0.4, 0.5) is 10.3 Å². The van der Waals surface area contributed by atoms with E-state index in [1.165, 1.54) is 23.0 Å². The first-order valence-corrected chi connectivity index (χ1v) is 9.07. The Morgan fingerprint density at radius 2 is 1.97 bits per heavy atom. The Balaban J connectivity index is 1.54. The molecule has 0 unspecified atom stereocenters. The van der Waals surface area contributed by atoms with E-state index in [4.69, 9.17) is 27.9 Å². The standard InChI is InChI=1S/C18H12Cl2FN7O/c19-13-4-1-5-14(16(13)20)28-18(25-26-27-28)24-9-11-3-2-8-22-17(11)29-12-6-7-15(21)23-10-12/h1-8,10H,9H2,(H,24,25,27). The van der Waals surface area contributed by atoms with Gasteiger partial charge in [-0.05, 0) is 40.8 Å². The molecule has 8 nitrogen and oxygen atoms in total. The Morgan fingerprint density at radius 1 is 1.07 bits per heavy atom. The minimum Gasteiger partial charge on any atom is -0.437 e. The first-order valence-electron chi connectivity index (χ1n) is 8.32. The van der Waals surface area contributed by atoms with E-state index in [2.05, 4.69) is 30.8 Å². The van der Waals surface area contributed by atoms with Crippen LogP contribution >= 0.6 is 23.2 Å². The van der Waals surface area contributed by atoms with E-state index >= 15 is 0 Å². The van der Waals surface area contributed by atoms with Crippen molar-refractivity contribution >= 4 is 29.2 Å². The third-order valence-electron chi connectivity index (χ3n) is 3.83. The average Bonchev–Trinajstić information content (AvgIpc) is 3.19. The smallest absolute Gasteiger partial charge is 0.248 e. The molecule has 29 heavy (non-hydrogen) atoms. The Bertz CT molecular complexity index is 1140. The highest BCUT2D eigenvalue weighted by Crippen LogP contribution is 2.29. The van der Waals surface area contributed by atoms with E-state index in [0.717, 1.165) is 5.56 Å². The van der Waals surface area contributed by atoms with E-state index < -0.39 is 5.95 Å². The maximum Gasteiger partial charge on any atom is 0.248 e. The third kappa shape index (κ3) is 4.25. The molecule has 1 N–H and O–H groups in total. The van der Waals surface area contributed by atoms with Crippen LogP contribution < -0.4 is 10.1 Å². The van der Waals surface area contributed by atoms with Crippen molar-refractivity contribution in [3.05, 3.63) is 76.4 Å². The molecule has 0 bridgehead atoms. The maximum absolute atomic E-state index is 13.0. The van der Waals surface area contributed by atoms with E-state index in [-0.39, 0.29) is 0 Å². The summed E-state index contributed by atoms with van der Waals surface area (Å²) in [6, 6.07) is 11.4. The van der Waals surface area contributed by atoms with Crippen LogP contribution in [0.5, 0.6) is 11.6 Å². The summed E-state index contributed by atoms with van der Waals surface area (Å²) in [6.07, 6.45) is 2.87. The SMILES string of the molecule is Fc1ccc(Oc2ncccc2CNc2nnnn2-c2cccc(Cl)c2Cl)cn1. The molecule has 0 aliphatic carbocycles. The van der Waals surface area contributed by atoms with Crippen molar-refractivity contribution in [3.8, 4) is 17.3 Å². The minimum absolute atomic E-state index is 0.302. The van der Waals surface area contributed by atoms with E-state index in [0.29, 0.717) is 39.9 Å². The van der Waals surface area contributed by atoms with E-state index in [1.807, 2.05) is 6.07 Å². The van der Waals surface area contributed by atoms with Crippen LogP contribution in [-0.4, -0.2) is 30.2 Å². The molecule has 11 heteroatoms. The zero-order chi connectivity index (χ0) is 20.2. The van der Waals surface area contributed by atoms with Crippen LogP contribution in [0.3, 0.4) is 0 Å². The van der Waals surface area contributed by atoms with Gasteiger partial charge in [-0.2, -0.15) is 9.07 Å². The van der Waals surface area contributed by atoms with Gasteiger partial charge in [0.25, 0.3) is 0 Å². The fourth-order valence-corrected chi connectivity index (χ4v) is 2.85. The molecule has 0 saturated carbocycles. The molecule has 0 fully saturated rings. The highest BCUT2D eigenvalue weighted by Gasteiger charge is 2.14. The highest BCUT2D eigenvalue weighted by molar-refractivity contribution is 6.43. The molecule has 0 aliphatic heterocycles. The molecule has 3 heterocycles. The topological polar surface area (TPSA) is 90.6 Å². The number of ether oxygens (including phenoxy) is 1. The normalized spacial score (nSPS) is 10.7. The van der Waals surface area contributed by atoms with Gasteiger partial charge in [0.05, 0.1) is 21.9 Å². The van der Waals surface area contributed by atoms with Gasteiger partial charge in [0.15, 0.2) is 0 Å². The lowest BCUT2D eigenvalue weighted by molar-refractivity contribution is 0.450. The summed E-state index contributed by atoms with van der Waals surface area (Å²) in [6.45, 7) is 0.302. The van der Waals surface area contributed by atoms with Gasteiger partial charge in [0, 0.05) is 18.3 Å². The van der Waals surface area contributed by atoms with Crippen molar-refractivity contribution in [1.82, 2.24) is 30.2 Å². The van der Waals surface area contributed by atoms with Gasteiger partial charge in [-0.1, -0.05) is 40.4 Å². The fourth-order valence-electron chi connectivity index (χ4n) is 2.47. The Kier molecular flexibility index (Phi) is 5.50. The number of nitrogens with zero attached hydrogens (tertiary/aromatic N) is 6. The van der Waals surface area contributed by atoms with Crippen LogP contribution in [0, 0.1) is 5.95 Å². The number of halogens is 3. The van der Waals surface area contributed by atoms with Crippen LogP contribution in [0.2, 0.25) is 10.0 Å². The first-order chi connectivity index (χ1) is 14.1. The number of pyridine rings is 2. The summed E-state index contributed by atoms with van der Waals surface area (Å²) in [5.74, 6) is 0.467. The quantitative estimate of drug-likeness (QED) is 0.455. The number of hydrogen-bond donors (Lipinski definition) is 1. The highest BCUT2D eigenvalue weighted by atomic mass is 35.5. The lowest BCUT2D eigenvalue weighted by atomic mass is 10.2. The predicted octanol–water partition coefficient (Wildman–Crippen LogP) is 4.30. The van der Waals surface area contributed by atoms with Gasteiger partial charge in [-0.25, -0.2) is 9.97 Å². The molecule has 0 amide bonds. The summed E-state index contributed by atoms with van der Waals surface area (Å²) in [7, 11) is 0. The zero-order valence-electron chi connectivity index (χ0n) is 14.6. The summed E-state index contributed by atoms with van der Waals surface area (Å²) in [5, 5.41) is 15.5. The molecule has 4 aromatic rings. The molecular formula is C18H12Cl2FN7O. The molecule has 4 rings (SSSR count). The summed E-state index contributed by atoms with van der Waals surface area (Å²) in [4.78, 5) is 7.79. The van der Waals surface area contributed by atoms with E-state index in [1.54, 1.807) is 30.5 Å². The van der Waals surface area contributed by atoms with Gasteiger partial charge in [0.1, 0.15) is 5.75 Å². The van der Waals surface area contributed by atoms with Crippen molar-refractivity contribution in [1.29, 1.82) is 0 Å². The van der Waals surface area contributed by atoms with Gasteiger partial charge in [0.2, 0.25) is 17.8 Å². The van der Waals surface area contributed by atoms with Gasteiger partial charge in [-0.3, -0.25) is 0 Å². The number of tetrazole rings is 1. The maximum atomic E-state index is 13.0. The molecule has 0 aliphatic rings. The number of nitrogens with one attached hydrogen (secondary N) is 1. The Hall–Kier alpha value is -3.30. The van der Waals surface area contributed by atoms with Crippen LogP contribution in [0.1, 0.15) is 5.56 Å². The summed E-state index contributed by atoms with van der Waals surface area (Å²) < 4.78 is 20.1. The second kappa shape index (κ2) is 8.38. The van der Waals surface area contributed by atoms with Crippen LogP contribution in [0.25, 0.3) is 5.69 Å². The van der Waals surface area contributed by atoms with Crippen LogP contribution in [0.15, 0.2) is 54.9 Å². The number of hydrogen-bond acceptors (Lipinski definition) is 7. The lowest BCUT2D eigenvalue weighted by Gasteiger charge is -2.12. The minimum atomic E-state index is -0.591. The predicted molar refractivity (Wildman–Crippen MR) is 105 cm³/mol. The largest absolute Gasteiger partial charge is 0.437 e. The molecule has 1 aromatic carbocycles. The van der Waals surface area contributed by atoms with Crippen molar-refractivity contribution in [2.24, 2.45) is 0 Å². The Morgan fingerprint density at radius 3 is 2.79 bits per heavy atom.